The molecule has 0 N–H and O–H groups in total. The van der Waals surface area contributed by atoms with Gasteiger partial charge in [-0.2, -0.15) is 0 Å². The summed E-state index contributed by atoms with van der Waals surface area (Å²) in [5.41, 5.74) is 18.0. The summed E-state index contributed by atoms with van der Waals surface area (Å²) in [5.74, 6) is 0. The standard InChI is InChI=1S/C51H35NO/c1-51(2)43-25-28-48-50(40-15-9-10-16-47(40)53-48)49(43)39-24-19-37(31-44(39)51)34-17-22-38(23-18-34)52-45-26-20-35(32-11-5-3-6-12-32)29-41(45)42-30-36(21-27-46(42)52)33-13-7-4-8-14-33/h3-31H,1-2H3. The number of hydrogen-bond acceptors (Lipinski definition) is 1. The minimum absolute atomic E-state index is 0.132. The quantitative estimate of drug-likeness (QED) is 0.181. The number of furan rings is 1. The highest BCUT2D eigenvalue weighted by molar-refractivity contribution is 6.15. The van der Waals surface area contributed by atoms with Crippen LogP contribution in [0.2, 0.25) is 0 Å². The Kier molecular flexibility index (Phi) is 6.33. The lowest BCUT2D eigenvalue weighted by molar-refractivity contribution is 0.657. The van der Waals surface area contributed by atoms with E-state index in [1.807, 2.05) is 6.07 Å². The average Bonchev–Trinajstić information content (AvgIpc) is 3.83. The first-order valence-corrected chi connectivity index (χ1v) is 18.4. The highest BCUT2D eigenvalue weighted by Crippen LogP contribution is 2.53. The van der Waals surface area contributed by atoms with Gasteiger partial charge in [0.2, 0.25) is 0 Å². The third-order valence-corrected chi connectivity index (χ3v) is 11.6. The minimum Gasteiger partial charge on any atom is -0.456 e. The van der Waals surface area contributed by atoms with Crippen molar-refractivity contribution in [1.82, 2.24) is 4.57 Å². The SMILES string of the molecule is CC1(C)c2cc(-c3ccc(-n4c5ccc(-c6ccccc6)cc5c5cc(-c6ccccc6)ccc54)cc3)ccc2-c2c1ccc1oc3ccccc3c21. The van der Waals surface area contributed by atoms with Gasteiger partial charge in [-0.15, -0.1) is 0 Å². The largest absolute Gasteiger partial charge is 0.456 e. The van der Waals surface area contributed by atoms with Gasteiger partial charge in [0.25, 0.3) is 0 Å². The van der Waals surface area contributed by atoms with E-state index in [2.05, 4.69) is 188 Å². The fraction of sp³-hybridized carbons (Fsp3) is 0.0588. The van der Waals surface area contributed by atoms with E-state index in [1.54, 1.807) is 0 Å². The first-order chi connectivity index (χ1) is 26.0. The first kappa shape index (κ1) is 30.0. The van der Waals surface area contributed by atoms with Crippen molar-refractivity contribution in [1.29, 1.82) is 0 Å². The van der Waals surface area contributed by atoms with Gasteiger partial charge in [-0.25, -0.2) is 0 Å². The highest BCUT2D eigenvalue weighted by Gasteiger charge is 2.37. The van der Waals surface area contributed by atoms with Gasteiger partial charge in [0.05, 0.1) is 11.0 Å². The van der Waals surface area contributed by atoms with Crippen LogP contribution >= 0.6 is 0 Å². The molecule has 53 heavy (non-hydrogen) atoms. The third-order valence-electron chi connectivity index (χ3n) is 11.6. The second-order valence-corrected chi connectivity index (χ2v) is 14.9. The Hall–Kier alpha value is -6.64. The fourth-order valence-corrected chi connectivity index (χ4v) is 8.95. The summed E-state index contributed by atoms with van der Waals surface area (Å²) >= 11 is 0. The second-order valence-electron chi connectivity index (χ2n) is 14.9. The smallest absolute Gasteiger partial charge is 0.136 e. The molecule has 2 aromatic heterocycles. The van der Waals surface area contributed by atoms with Crippen molar-refractivity contribution in [3.63, 3.8) is 0 Å². The molecular weight excluding hydrogens is 643 g/mol. The molecule has 0 fully saturated rings. The average molecular weight is 678 g/mol. The van der Waals surface area contributed by atoms with Crippen molar-refractivity contribution in [2.45, 2.75) is 19.3 Å². The zero-order valence-electron chi connectivity index (χ0n) is 29.6. The van der Waals surface area contributed by atoms with E-state index >= 15 is 0 Å². The molecule has 10 aromatic rings. The summed E-state index contributed by atoms with van der Waals surface area (Å²) in [6, 6.07) is 64.1. The summed E-state index contributed by atoms with van der Waals surface area (Å²) in [7, 11) is 0. The first-order valence-electron chi connectivity index (χ1n) is 18.4. The van der Waals surface area contributed by atoms with E-state index in [-0.39, 0.29) is 5.41 Å². The van der Waals surface area contributed by atoms with Crippen LogP contribution in [0.4, 0.5) is 0 Å². The lowest BCUT2D eigenvalue weighted by Crippen LogP contribution is -2.14. The molecule has 2 heteroatoms. The summed E-state index contributed by atoms with van der Waals surface area (Å²) in [6.07, 6.45) is 0. The molecule has 8 aromatic carbocycles. The van der Waals surface area contributed by atoms with Gasteiger partial charge in [0.15, 0.2) is 0 Å². The molecule has 250 valence electrons. The van der Waals surface area contributed by atoms with Crippen LogP contribution in [0, 0.1) is 0 Å². The molecule has 2 heterocycles. The molecular formula is C51H35NO. The van der Waals surface area contributed by atoms with E-state index < -0.39 is 0 Å². The summed E-state index contributed by atoms with van der Waals surface area (Å²) in [6.45, 7) is 4.71. The number of rotatable bonds is 4. The molecule has 2 nitrogen and oxygen atoms in total. The lowest BCUT2D eigenvalue weighted by atomic mass is 9.81. The topological polar surface area (TPSA) is 18.1 Å². The van der Waals surface area contributed by atoms with E-state index in [1.165, 1.54) is 88.2 Å². The molecule has 0 amide bonds. The van der Waals surface area contributed by atoms with Crippen molar-refractivity contribution >= 4 is 43.7 Å². The molecule has 11 rings (SSSR count). The van der Waals surface area contributed by atoms with Gasteiger partial charge in [-0.3, -0.25) is 0 Å². The highest BCUT2D eigenvalue weighted by atomic mass is 16.3. The Labute approximate surface area is 308 Å². The van der Waals surface area contributed by atoms with Crippen LogP contribution in [0.3, 0.4) is 0 Å². The minimum atomic E-state index is -0.132. The third kappa shape index (κ3) is 4.45. The van der Waals surface area contributed by atoms with Crippen molar-refractivity contribution in [3.05, 3.63) is 187 Å². The maximum Gasteiger partial charge on any atom is 0.136 e. The van der Waals surface area contributed by atoms with E-state index in [4.69, 9.17) is 4.42 Å². The predicted octanol–water partition coefficient (Wildman–Crippen LogP) is 14.0. The maximum absolute atomic E-state index is 6.30. The van der Waals surface area contributed by atoms with Crippen LogP contribution < -0.4 is 0 Å². The van der Waals surface area contributed by atoms with Crippen LogP contribution in [-0.2, 0) is 5.41 Å². The molecule has 1 aliphatic rings. The van der Waals surface area contributed by atoms with Crippen molar-refractivity contribution in [2.75, 3.05) is 0 Å². The fourth-order valence-electron chi connectivity index (χ4n) is 8.95. The van der Waals surface area contributed by atoms with Gasteiger partial charge in [-0.05, 0) is 110 Å². The van der Waals surface area contributed by atoms with Gasteiger partial charge in [-0.1, -0.05) is 135 Å². The molecule has 0 saturated carbocycles. The molecule has 0 unspecified atom stereocenters. The monoisotopic (exact) mass is 677 g/mol. The van der Waals surface area contributed by atoms with E-state index in [0.29, 0.717) is 0 Å². The predicted molar refractivity (Wildman–Crippen MR) is 222 cm³/mol. The Morgan fingerprint density at radius 3 is 1.62 bits per heavy atom. The van der Waals surface area contributed by atoms with E-state index in [0.717, 1.165) is 16.9 Å². The summed E-state index contributed by atoms with van der Waals surface area (Å²) < 4.78 is 8.72. The van der Waals surface area contributed by atoms with E-state index in [9.17, 15) is 0 Å². The van der Waals surface area contributed by atoms with Crippen molar-refractivity contribution in [2.24, 2.45) is 0 Å². The number of para-hydroxylation sites is 1. The van der Waals surface area contributed by atoms with Gasteiger partial charge in [0, 0.05) is 32.6 Å². The van der Waals surface area contributed by atoms with Crippen LogP contribution in [0.5, 0.6) is 0 Å². The van der Waals surface area contributed by atoms with Crippen molar-refractivity contribution < 1.29 is 4.42 Å². The number of aromatic nitrogens is 1. The Balaban J connectivity index is 1.03. The van der Waals surface area contributed by atoms with Crippen LogP contribution in [0.25, 0.3) is 93.9 Å². The Bertz CT molecular complexity index is 2960. The van der Waals surface area contributed by atoms with Gasteiger partial charge >= 0.3 is 0 Å². The van der Waals surface area contributed by atoms with Gasteiger partial charge < -0.3 is 8.98 Å². The van der Waals surface area contributed by atoms with Crippen LogP contribution in [-0.4, -0.2) is 4.57 Å². The Morgan fingerprint density at radius 2 is 0.962 bits per heavy atom. The number of nitrogens with zero attached hydrogens (tertiary/aromatic N) is 1. The maximum atomic E-state index is 6.30. The number of hydrogen-bond donors (Lipinski definition) is 0. The molecule has 1 aliphatic carbocycles. The van der Waals surface area contributed by atoms with Crippen molar-refractivity contribution in [3.8, 4) is 50.2 Å². The molecule has 0 bridgehead atoms. The summed E-state index contributed by atoms with van der Waals surface area (Å²) in [4.78, 5) is 0. The molecule has 0 atom stereocenters. The van der Waals surface area contributed by atoms with Crippen LogP contribution in [0.15, 0.2) is 180 Å². The number of fused-ring (bicyclic) bond motifs is 10. The summed E-state index contributed by atoms with van der Waals surface area (Å²) in [5, 5.41) is 4.91. The van der Waals surface area contributed by atoms with Crippen LogP contribution in [0.1, 0.15) is 25.0 Å². The normalized spacial score (nSPS) is 13.2. The zero-order chi connectivity index (χ0) is 35.3. The number of benzene rings is 8. The molecule has 0 radical (unpaired) electrons. The zero-order valence-corrected chi connectivity index (χ0v) is 29.6. The molecule has 0 aliphatic heterocycles. The second kappa shape index (κ2) is 11.2. The van der Waals surface area contributed by atoms with Gasteiger partial charge in [0.1, 0.15) is 11.2 Å². The Morgan fingerprint density at radius 1 is 0.415 bits per heavy atom. The lowest BCUT2D eigenvalue weighted by Gasteiger charge is -2.22. The molecule has 0 saturated heterocycles. The molecule has 0 spiro atoms.